The summed E-state index contributed by atoms with van der Waals surface area (Å²) in [5.41, 5.74) is 4.59. The Balaban J connectivity index is 1.76. The molecule has 6 heteroatoms. The van der Waals surface area contributed by atoms with E-state index in [2.05, 4.69) is 42.2 Å². The highest BCUT2D eigenvalue weighted by atomic mass is 32.2. The molecule has 0 aliphatic rings. The summed E-state index contributed by atoms with van der Waals surface area (Å²) in [6.45, 7) is 4.18. The van der Waals surface area contributed by atoms with Gasteiger partial charge in [0.1, 0.15) is 11.6 Å². The molecular weight excluding hydrogens is 341 g/mol. The standard InChI is InChI=1S/C18H18FN3S2/c1-12-3-8-16(9-13(12)2)22-17(20-21-18(22)23)11-24-10-14-4-6-15(19)7-5-14/h3-9H,10-11H2,1-2H3,(H,21,23). The minimum absolute atomic E-state index is 0.209. The van der Waals surface area contributed by atoms with Crippen molar-refractivity contribution in [3.05, 3.63) is 75.6 Å². The average Bonchev–Trinajstić information content (AvgIpc) is 2.93. The van der Waals surface area contributed by atoms with Crippen LogP contribution in [0.25, 0.3) is 5.69 Å². The number of benzene rings is 2. The first-order chi connectivity index (χ1) is 11.5. The van der Waals surface area contributed by atoms with Gasteiger partial charge in [0.25, 0.3) is 0 Å². The van der Waals surface area contributed by atoms with Crippen LogP contribution in [0.15, 0.2) is 42.5 Å². The van der Waals surface area contributed by atoms with E-state index in [0.717, 1.165) is 28.6 Å². The van der Waals surface area contributed by atoms with Crippen LogP contribution in [0.3, 0.4) is 0 Å². The molecule has 24 heavy (non-hydrogen) atoms. The van der Waals surface area contributed by atoms with Crippen LogP contribution < -0.4 is 0 Å². The first kappa shape index (κ1) is 16.9. The van der Waals surface area contributed by atoms with Crippen molar-refractivity contribution in [1.29, 1.82) is 0 Å². The van der Waals surface area contributed by atoms with E-state index in [1.807, 2.05) is 16.7 Å². The van der Waals surface area contributed by atoms with Crippen molar-refractivity contribution in [2.75, 3.05) is 0 Å². The fourth-order valence-corrected chi connectivity index (χ4v) is 3.56. The lowest BCUT2D eigenvalue weighted by molar-refractivity contribution is 0.627. The van der Waals surface area contributed by atoms with Gasteiger partial charge >= 0.3 is 0 Å². The molecule has 0 unspecified atom stereocenters. The Hall–Kier alpha value is -1.92. The second-order valence-corrected chi connectivity index (χ2v) is 7.04. The fourth-order valence-electron chi connectivity index (χ4n) is 2.40. The van der Waals surface area contributed by atoms with Crippen LogP contribution >= 0.6 is 24.0 Å². The molecule has 0 radical (unpaired) electrons. The highest BCUT2D eigenvalue weighted by Gasteiger charge is 2.09. The molecule has 3 rings (SSSR count). The molecule has 0 fully saturated rings. The lowest BCUT2D eigenvalue weighted by Gasteiger charge is -2.09. The minimum atomic E-state index is -0.209. The molecule has 0 spiro atoms. The quantitative estimate of drug-likeness (QED) is 0.642. The summed E-state index contributed by atoms with van der Waals surface area (Å²) >= 11 is 7.11. The molecule has 0 aliphatic heterocycles. The summed E-state index contributed by atoms with van der Waals surface area (Å²) in [5.74, 6) is 2.19. The van der Waals surface area contributed by atoms with Crippen LogP contribution in [-0.2, 0) is 11.5 Å². The monoisotopic (exact) mass is 359 g/mol. The molecule has 2 aromatic carbocycles. The van der Waals surface area contributed by atoms with Crippen molar-refractivity contribution in [3.63, 3.8) is 0 Å². The van der Waals surface area contributed by atoms with Gasteiger partial charge in [-0.05, 0) is 67.0 Å². The van der Waals surface area contributed by atoms with Crippen LogP contribution in [0, 0.1) is 24.4 Å². The van der Waals surface area contributed by atoms with E-state index in [4.69, 9.17) is 12.2 Å². The van der Waals surface area contributed by atoms with Gasteiger partial charge in [0.05, 0.1) is 5.75 Å². The maximum Gasteiger partial charge on any atom is 0.199 e. The van der Waals surface area contributed by atoms with Crippen LogP contribution in [0.5, 0.6) is 0 Å². The molecule has 0 saturated heterocycles. The zero-order valence-corrected chi connectivity index (χ0v) is 15.2. The van der Waals surface area contributed by atoms with Gasteiger partial charge in [-0.1, -0.05) is 18.2 Å². The average molecular weight is 359 g/mol. The third-order valence-electron chi connectivity index (χ3n) is 3.90. The topological polar surface area (TPSA) is 33.6 Å². The minimum Gasteiger partial charge on any atom is -0.271 e. The third-order valence-corrected chi connectivity index (χ3v) is 5.18. The Morgan fingerprint density at radius 3 is 2.54 bits per heavy atom. The maximum absolute atomic E-state index is 12.9. The molecule has 0 saturated carbocycles. The van der Waals surface area contributed by atoms with Crippen molar-refractivity contribution in [2.24, 2.45) is 0 Å². The highest BCUT2D eigenvalue weighted by molar-refractivity contribution is 7.97. The number of H-pyrrole nitrogens is 1. The summed E-state index contributed by atoms with van der Waals surface area (Å²) in [6.07, 6.45) is 0. The largest absolute Gasteiger partial charge is 0.271 e. The molecule has 1 N–H and O–H groups in total. The predicted octanol–water partition coefficient (Wildman–Crippen LogP) is 5.12. The second-order valence-electron chi connectivity index (χ2n) is 5.67. The van der Waals surface area contributed by atoms with Gasteiger partial charge in [0.15, 0.2) is 4.77 Å². The number of aromatic nitrogens is 3. The number of rotatable bonds is 5. The first-order valence-electron chi connectivity index (χ1n) is 7.60. The highest BCUT2D eigenvalue weighted by Crippen LogP contribution is 2.21. The van der Waals surface area contributed by atoms with E-state index in [-0.39, 0.29) is 5.82 Å². The SMILES string of the molecule is Cc1ccc(-n2c(CSCc3ccc(F)cc3)n[nH]c2=S)cc1C. The molecule has 3 nitrogen and oxygen atoms in total. The van der Waals surface area contributed by atoms with Crippen molar-refractivity contribution < 1.29 is 4.39 Å². The Morgan fingerprint density at radius 1 is 1.08 bits per heavy atom. The Morgan fingerprint density at radius 2 is 1.83 bits per heavy atom. The van der Waals surface area contributed by atoms with Gasteiger partial charge in [-0.2, -0.15) is 5.10 Å². The number of thioether (sulfide) groups is 1. The van der Waals surface area contributed by atoms with Gasteiger partial charge in [-0.25, -0.2) is 4.39 Å². The predicted molar refractivity (Wildman–Crippen MR) is 99.6 cm³/mol. The zero-order valence-electron chi connectivity index (χ0n) is 13.5. The van der Waals surface area contributed by atoms with E-state index < -0.39 is 0 Å². The summed E-state index contributed by atoms with van der Waals surface area (Å²) in [6, 6.07) is 12.9. The Labute approximate surface area is 149 Å². The van der Waals surface area contributed by atoms with E-state index >= 15 is 0 Å². The van der Waals surface area contributed by atoms with E-state index in [0.29, 0.717) is 4.77 Å². The van der Waals surface area contributed by atoms with Crippen molar-refractivity contribution >= 4 is 24.0 Å². The lowest BCUT2D eigenvalue weighted by atomic mass is 10.1. The van der Waals surface area contributed by atoms with Crippen LogP contribution in [0.4, 0.5) is 4.39 Å². The van der Waals surface area contributed by atoms with E-state index in [1.165, 1.54) is 23.3 Å². The normalized spacial score (nSPS) is 11.0. The number of hydrogen-bond acceptors (Lipinski definition) is 3. The van der Waals surface area contributed by atoms with Gasteiger partial charge in [0.2, 0.25) is 0 Å². The first-order valence-corrected chi connectivity index (χ1v) is 9.17. The lowest BCUT2D eigenvalue weighted by Crippen LogP contribution is -2.01. The Kier molecular flexibility index (Phi) is 5.16. The van der Waals surface area contributed by atoms with Crippen molar-refractivity contribution in [2.45, 2.75) is 25.4 Å². The number of nitrogens with one attached hydrogen (secondary N) is 1. The number of halogens is 1. The van der Waals surface area contributed by atoms with E-state index in [1.54, 1.807) is 11.8 Å². The molecule has 0 bridgehead atoms. The number of hydrogen-bond donors (Lipinski definition) is 1. The molecule has 0 aliphatic carbocycles. The van der Waals surface area contributed by atoms with Gasteiger partial charge < -0.3 is 0 Å². The van der Waals surface area contributed by atoms with Crippen molar-refractivity contribution in [1.82, 2.24) is 14.8 Å². The molecular formula is C18H18FN3S2. The summed E-state index contributed by atoms with van der Waals surface area (Å²) in [4.78, 5) is 0. The number of aromatic amines is 1. The zero-order chi connectivity index (χ0) is 17.1. The molecule has 1 heterocycles. The Bertz CT molecular complexity index is 897. The van der Waals surface area contributed by atoms with Crippen LogP contribution in [-0.4, -0.2) is 14.8 Å². The molecule has 0 amide bonds. The van der Waals surface area contributed by atoms with Crippen LogP contribution in [0.2, 0.25) is 0 Å². The molecule has 0 atom stereocenters. The maximum atomic E-state index is 12.9. The van der Waals surface area contributed by atoms with Crippen LogP contribution in [0.1, 0.15) is 22.5 Å². The van der Waals surface area contributed by atoms with Gasteiger partial charge in [-0.3, -0.25) is 9.67 Å². The van der Waals surface area contributed by atoms with Gasteiger partial charge in [0, 0.05) is 11.4 Å². The number of nitrogens with zero attached hydrogens (tertiary/aromatic N) is 2. The smallest absolute Gasteiger partial charge is 0.199 e. The molecule has 3 aromatic rings. The fraction of sp³-hybridized carbons (Fsp3) is 0.222. The van der Waals surface area contributed by atoms with Gasteiger partial charge in [-0.15, -0.1) is 11.8 Å². The molecule has 124 valence electrons. The molecule has 1 aromatic heterocycles. The summed E-state index contributed by atoms with van der Waals surface area (Å²) < 4.78 is 15.5. The van der Waals surface area contributed by atoms with E-state index in [9.17, 15) is 4.39 Å². The third kappa shape index (κ3) is 3.76. The summed E-state index contributed by atoms with van der Waals surface area (Å²) in [7, 11) is 0. The van der Waals surface area contributed by atoms with Crippen molar-refractivity contribution in [3.8, 4) is 5.69 Å². The summed E-state index contributed by atoms with van der Waals surface area (Å²) in [5, 5.41) is 7.23. The number of aryl methyl sites for hydroxylation is 2. The second kappa shape index (κ2) is 7.32.